The highest BCUT2D eigenvalue weighted by molar-refractivity contribution is 6.25. The molecule has 0 radical (unpaired) electrons. The average Bonchev–Trinajstić information content (AvgIpc) is 1.99. The van der Waals surface area contributed by atoms with E-state index in [1.165, 1.54) is 0 Å². The lowest BCUT2D eigenvalue weighted by Crippen LogP contribution is -2.02. The largest absolute Gasteiger partial charge is 0.300 e. The summed E-state index contributed by atoms with van der Waals surface area (Å²) in [6, 6.07) is 0. The highest BCUT2D eigenvalue weighted by atomic mass is 35.5. The third-order valence-corrected chi connectivity index (χ3v) is 1.99. The van der Waals surface area contributed by atoms with Crippen LogP contribution in [0.4, 0.5) is 0 Å². The molecule has 0 unspecified atom stereocenters. The molecule has 0 aliphatic rings. The van der Waals surface area contributed by atoms with Gasteiger partial charge in [-0.25, -0.2) is 0 Å². The minimum absolute atomic E-state index is 0.336. The van der Waals surface area contributed by atoms with Crippen LogP contribution in [0, 0.1) is 5.92 Å². The van der Waals surface area contributed by atoms with Crippen LogP contribution in [0.25, 0.3) is 0 Å². The van der Waals surface area contributed by atoms with Crippen LogP contribution in [0.3, 0.4) is 0 Å². The van der Waals surface area contributed by atoms with E-state index in [1.807, 2.05) is 6.92 Å². The van der Waals surface area contributed by atoms with Gasteiger partial charge in [0.15, 0.2) is 0 Å². The Morgan fingerprint density at radius 1 is 1.42 bits per heavy atom. The predicted molar refractivity (Wildman–Crippen MR) is 53.3 cm³/mol. The Labute approximate surface area is 79.8 Å². The zero-order chi connectivity index (χ0) is 9.56. The van der Waals surface area contributed by atoms with E-state index in [0.717, 1.165) is 12.0 Å². The Balaban J connectivity index is 3.58. The minimum atomic E-state index is 0.336. The Kier molecular flexibility index (Phi) is 6.09. The van der Waals surface area contributed by atoms with E-state index in [4.69, 9.17) is 11.6 Å². The zero-order valence-corrected chi connectivity index (χ0v) is 8.82. The fourth-order valence-electron chi connectivity index (χ4n) is 0.949. The van der Waals surface area contributed by atoms with Gasteiger partial charge < -0.3 is 0 Å². The number of hydrogen-bond acceptors (Lipinski definition) is 1. The summed E-state index contributed by atoms with van der Waals surface area (Å²) < 4.78 is 0. The third kappa shape index (κ3) is 6.41. The van der Waals surface area contributed by atoms with Crippen molar-refractivity contribution in [1.29, 1.82) is 0 Å². The molecule has 0 rings (SSSR count). The maximum absolute atomic E-state index is 11.2. The molecule has 0 aliphatic carbocycles. The van der Waals surface area contributed by atoms with Gasteiger partial charge in [0.25, 0.3) is 0 Å². The Bertz CT molecular complexity index is 171. The first-order chi connectivity index (χ1) is 5.56. The summed E-state index contributed by atoms with van der Waals surface area (Å²) in [6.45, 7) is 6.06. The van der Waals surface area contributed by atoms with Crippen molar-refractivity contribution >= 4 is 17.4 Å². The zero-order valence-electron chi connectivity index (χ0n) is 8.06. The van der Waals surface area contributed by atoms with Gasteiger partial charge in [-0.1, -0.05) is 31.0 Å². The number of halogens is 1. The molecular formula is C10H17ClO. The van der Waals surface area contributed by atoms with E-state index in [-0.39, 0.29) is 0 Å². The Morgan fingerprint density at radius 3 is 2.42 bits per heavy atom. The van der Waals surface area contributed by atoms with Crippen molar-refractivity contribution in [2.45, 2.75) is 40.0 Å². The Hall–Kier alpha value is -0.300. The maximum Gasteiger partial charge on any atom is 0.133 e. The molecule has 0 amide bonds. The molecule has 1 nitrogen and oxygen atoms in total. The van der Waals surface area contributed by atoms with Crippen molar-refractivity contribution < 1.29 is 4.79 Å². The first-order valence-corrected chi connectivity index (χ1v) is 4.77. The average molecular weight is 189 g/mol. The molecule has 0 fully saturated rings. The lowest BCUT2D eigenvalue weighted by Gasteiger charge is -2.03. The van der Waals surface area contributed by atoms with Crippen LogP contribution < -0.4 is 0 Å². The van der Waals surface area contributed by atoms with Crippen LogP contribution in [0.5, 0.6) is 0 Å². The standard InChI is InChI=1S/C10H17ClO/c1-8(2)6-10(12)5-4-9(3)7-11/h7-8H,4-6H2,1-3H3. The lowest BCUT2D eigenvalue weighted by molar-refractivity contribution is -0.119. The quantitative estimate of drug-likeness (QED) is 0.645. The van der Waals surface area contributed by atoms with Crippen molar-refractivity contribution in [2.24, 2.45) is 5.92 Å². The SMILES string of the molecule is CC(=CCl)CCC(=O)CC(C)C. The van der Waals surface area contributed by atoms with Gasteiger partial charge in [0.1, 0.15) is 5.78 Å². The molecule has 0 aromatic rings. The Morgan fingerprint density at radius 2 is 2.00 bits per heavy atom. The molecule has 0 aromatic heterocycles. The summed E-state index contributed by atoms with van der Waals surface area (Å²) in [5.41, 5.74) is 2.62. The molecule has 0 saturated carbocycles. The van der Waals surface area contributed by atoms with E-state index < -0.39 is 0 Å². The second-order valence-electron chi connectivity index (χ2n) is 3.59. The first kappa shape index (κ1) is 11.7. The van der Waals surface area contributed by atoms with E-state index in [1.54, 1.807) is 5.54 Å². The van der Waals surface area contributed by atoms with Crippen LogP contribution in [-0.2, 0) is 4.79 Å². The summed E-state index contributed by atoms with van der Waals surface area (Å²) in [4.78, 5) is 11.2. The van der Waals surface area contributed by atoms with Gasteiger partial charge in [-0.2, -0.15) is 0 Å². The molecule has 2 heteroatoms. The van der Waals surface area contributed by atoms with Crippen LogP contribution in [-0.4, -0.2) is 5.78 Å². The topological polar surface area (TPSA) is 17.1 Å². The third-order valence-electron chi connectivity index (χ3n) is 1.62. The molecule has 0 aromatic carbocycles. The second kappa shape index (κ2) is 6.24. The van der Waals surface area contributed by atoms with Crippen molar-refractivity contribution in [3.63, 3.8) is 0 Å². The van der Waals surface area contributed by atoms with Gasteiger partial charge in [-0.05, 0) is 19.3 Å². The van der Waals surface area contributed by atoms with Gasteiger partial charge in [0.05, 0.1) is 0 Å². The summed E-state index contributed by atoms with van der Waals surface area (Å²) in [6.07, 6.45) is 2.12. The molecular weight excluding hydrogens is 172 g/mol. The van der Waals surface area contributed by atoms with Crippen molar-refractivity contribution in [3.05, 3.63) is 11.1 Å². The monoisotopic (exact) mass is 188 g/mol. The first-order valence-electron chi connectivity index (χ1n) is 4.33. The summed E-state index contributed by atoms with van der Waals surface area (Å²) >= 11 is 5.47. The smallest absolute Gasteiger partial charge is 0.133 e. The summed E-state index contributed by atoms with van der Waals surface area (Å²) in [5, 5.41) is 0. The number of Topliss-reactive ketones (excluding diaryl/α,β-unsaturated/α-hetero) is 1. The van der Waals surface area contributed by atoms with E-state index in [9.17, 15) is 4.79 Å². The molecule has 0 spiro atoms. The molecule has 0 bridgehead atoms. The fraction of sp³-hybridized carbons (Fsp3) is 0.700. The number of allylic oxidation sites excluding steroid dienone is 1. The van der Waals surface area contributed by atoms with Crippen LogP contribution in [0.15, 0.2) is 11.1 Å². The molecule has 0 heterocycles. The van der Waals surface area contributed by atoms with Gasteiger partial charge in [0.2, 0.25) is 0 Å². The molecule has 0 aliphatic heterocycles. The number of carbonyl (C=O) groups is 1. The van der Waals surface area contributed by atoms with Crippen LogP contribution in [0.1, 0.15) is 40.0 Å². The van der Waals surface area contributed by atoms with E-state index in [2.05, 4.69) is 13.8 Å². The number of rotatable bonds is 5. The van der Waals surface area contributed by atoms with Crippen LogP contribution >= 0.6 is 11.6 Å². The predicted octanol–water partition coefficient (Wildman–Crippen LogP) is 3.52. The van der Waals surface area contributed by atoms with E-state index in [0.29, 0.717) is 24.5 Å². The minimum Gasteiger partial charge on any atom is -0.300 e. The molecule has 0 N–H and O–H groups in total. The highest BCUT2D eigenvalue weighted by Crippen LogP contribution is 2.09. The fourth-order valence-corrected chi connectivity index (χ4v) is 1.06. The van der Waals surface area contributed by atoms with Gasteiger partial charge >= 0.3 is 0 Å². The van der Waals surface area contributed by atoms with Gasteiger partial charge in [-0.15, -0.1) is 0 Å². The second-order valence-corrected chi connectivity index (χ2v) is 3.81. The number of carbonyl (C=O) groups excluding carboxylic acids is 1. The summed E-state index contributed by atoms with van der Waals surface area (Å²) in [5.74, 6) is 0.806. The van der Waals surface area contributed by atoms with Crippen molar-refractivity contribution in [2.75, 3.05) is 0 Å². The molecule has 12 heavy (non-hydrogen) atoms. The van der Waals surface area contributed by atoms with Gasteiger partial charge in [-0.3, -0.25) is 4.79 Å². The summed E-state index contributed by atoms with van der Waals surface area (Å²) in [7, 11) is 0. The van der Waals surface area contributed by atoms with E-state index >= 15 is 0 Å². The van der Waals surface area contributed by atoms with Gasteiger partial charge in [0, 0.05) is 18.4 Å². The molecule has 70 valence electrons. The van der Waals surface area contributed by atoms with Crippen molar-refractivity contribution in [1.82, 2.24) is 0 Å². The van der Waals surface area contributed by atoms with Crippen LogP contribution in [0.2, 0.25) is 0 Å². The lowest BCUT2D eigenvalue weighted by atomic mass is 10.0. The maximum atomic E-state index is 11.2. The number of ketones is 1. The molecule has 0 saturated heterocycles. The van der Waals surface area contributed by atoms with Crippen molar-refractivity contribution in [3.8, 4) is 0 Å². The normalized spacial score (nSPS) is 12.2. The molecule has 0 atom stereocenters. The highest BCUT2D eigenvalue weighted by Gasteiger charge is 2.04. The number of hydrogen-bond donors (Lipinski definition) is 0.